The summed E-state index contributed by atoms with van der Waals surface area (Å²) in [4.78, 5) is 22.7. The number of anilines is 1. The Labute approximate surface area is 224 Å². The van der Waals surface area contributed by atoms with Crippen LogP contribution in [0.15, 0.2) is 53.6 Å². The van der Waals surface area contributed by atoms with Crippen LogP contribution in [-0.4, -0.2) is 49.2 Å². The van der Waals surface area contributed by atoms with Gasteiger partial charge in [-0.3, -0.25) is 4.79 Å². The van der Waals surface area contributed by atoms with E-state index in [1.165, 1.54) is 6.20 Å². The molecule has 2 heterocycles. The molecule has 1 aliphatic rings. The minimum Gasteiger partial charge on any atom is -0.354 e. The molecule has 2 atom stereocenters. The van der Waals surface area contributed by atoms with Gasteiger partial charge in [-0.1, -0.05) is 42.3 Å². The van der Waals surface area contributed by atoms with Crippen molar-refractivity contribution < 1.29 is 17.6 Å². The van der Waals surface area contributed by atoms with Crippen molar-refractivity contribution in [1.82, 2.24) is 15.3 Å². The van der Waals surface area contributed by atoms with Crippen LogP contribution in [0.5, 0.6) is 0 Å². The Kier molecular flexibility index (Phi) is 7.97. The summed E-state index contributed by atoms with van der Waals surface area (Å²) < 4.78 is 39.9. The van der Waals surface area contributed by atoms with Gasteiger partial charge in [-0.2, -0.15) is 5.26 Å². The molecular formula is C25H22Cl2FN5O3S. The molecule has 1 N–H and O–H groups in total. The van der Waals surface area contributed by atoms with Gasteiger partial charge in [-0.25, -0.2) is 22.8 Å². The molecule has 0 radical (unpaired) electrons. The van der Waals surface area contributed by atoms with Gasteiger partial charge in [0, 0.05) is 30.9 Å². The number of nitrogens with one attached hydrogen (secondary N) is 1. The third kappa shape index (κ3) is 5.85. The summed E-state index contributed by atoms with van der Waals surface area (Å²) in [5, 5.41) is 11.7. The van der Waals surface area contributed by atoms with Gasteiger partial charge in [0.1, 0.15) is 23.3 Å². The normalized spacial score (nSPS) is 16.3. The first-order valence-corrected chi connectivity index (χ1v) is 13.6. The van der Waals surface area contributed by atoms with E-state index in [-0.39, 0.29) is 52.6 Å². The van der Waals surface area contributed by atoms with Gasteiger partial charge in [0.05, 0.1) is 15.2 Å². The first kappa shape index (κ1) is 26.8. The van der Waals surface area contributed by atoms with Gasteiger partial charge in [-0.05, 0) is 48.2 Å². The van der Waals surface area contributed by atoms with Crippen molar-refractivity contribution in [1.29, 1.82) is 5.26 Å². The van der Waals surface area contributed by atoms with Crippen molar-refractivity contribution in [3.8, 4) is 6.07 Å². The number of nitriles is 1. The number of hydrogen-bond donors (Lipinski definition) is 1. The Morgan fingerprint density at radius 2 is 2.00 bits per heavy atom. The molecule has 0 saturated carbocycles. The predicted molar refractivity (Wildman–Crippen MR) is 138 cm³/mol. The van der Waals surface area contributed by atoms with Crippen LogP contribution >= 0.6 is 23.2 Å². The van der Waals surface area contributed by atoms with Crippen molar-refractivity contribution in [2.75, 3.05) is 24.5 Å². The molecule has 1 amide bonds. The molecule has 0 spiro atoms. The van der Waals surface area contributed by atoms with E-state index < -0.39 is 26.8 Å². The van der Waals surface area contributed by atoms with Crippen molar-refractivity contribution in [2.45, 2.75) is 29.4 Å². The molecule has 8 nitrogen and oxygen atoms in total. The molecule has 1 fully saturated rings. The highest BCUT2D eigenvalue weighted by molar-refractivity contribution is 7.92. The van der Waals surface area contributed by atoms with E-state index in [9.17, 15) is 22.9 Å². The topological polar surface area (TPSA) is 116 Å². The summed E-state index contributed by atoms with van der Waals surface area (Å²) >= 11 is 12.0. The maximum Gasteiger partial charge on any atom is 0.256 e. The number of sulfone groups is 1. The highest BCUT2D eigenvalue weighted by Gasteiger charge is 2.37. The number of halogens is 3. The SMILES string of the molecule is CC(CNC(=O)c1cnc(C#N)nc1N1CCC(S(=O)(=O)c2ccc(F)cc2Cl)C1)c1ccc(Cl)cc1. The molecule has 2 unspecified atom stereocenters. The maximum atomic E-state index is 13.4. The second kappa shape index (κ2) is 11.0. The van der Waals surface area contributed by atoms with E-state index in [4.69, 9.17) is 23.2 Å². The minimum absolute atomic E-state index is 0.00858. The fraction of sp³-hybridized carbons (Fsp3) is 0.280. The van der Waals surface area contributed by atoms with Gasteiger partial charge in [0.2, 0.25) is 5.82 Å². The van der Waals surface area contributed by atoms with Crippen molar-refractivity contribution in [3.63, 3.8) is 0 Å². The van der Waals surface area contributed by atoms with E-state index in [1.54, 1.807) is 17.0 Å². The quantitative estimate of drug-likeness (QED) is 0.425. The Morgan fingerprint density at radius 3 is 2.68 bits per heavy atom. The van der Waals surface area contributed by atoms with E-state index >= 15 is 0 Å². The standard InChI is InChI=1S/C25H22Cl2FN5O3S/c1-15(16-2-4-17(26)5-3-16)12-31-25(34)20-13-30-23(11-29)32-24(20)33-9-8-19(14-33)37(35,36)22-7-6-18(28)10-21(22)27/h2-7,10,13,15,19H,8-9,12,14H2,1H3,(H,31,34). The number of aromatic nitrogens is 2. The lowest BCUT2D eigenvalue weighted by Crippen LogP contribution is -2.32. The molecule has 192 valence electrons. The van der Waals surface area contributed by atoms with Gasteiger partial charge in [0.25, 0.3) is 5.91 Å². The number of carbonyl (C=O) groups is 1. The first-order valence-electron chi connectivity index (χ1n) is 11.3. The van der Waals surface area contributed by atoms with Crippen LogP contribution in [0.4, 0.5) is 10.2 Å². The molecule has 37 heavy (non-hydrogen) atoms. The lowest BCUT2D eigenvalue weighted by molar-refractivity contribution is 0.0951. The van der Waals surface area contributed by atoms with Crippen LogP contribution in [0.25, 0.3) is 0 Å². The van der Waals surface area contributed by atoms with Crippen LogP contribution in [0.3, 0.4) is 0 Å². The van der Waals surface area contributed by atoms with Crippen LogP contribution < -0.4 is 10.2 Å². The summed E-state index contributed by atoms with van der Waals surface area (Å²) in [6.45, 7) is 2.56. The highest BCUT2D eigenvalue weighted by atomic mass is 35.5. The average molecular weight is 562 g/mol. The van der Waals surface area contributed by atoms with Crippen molar-refractivity contribution in [3.05, 3.63) is 81.5 Å². The second-order valence-electron chi connectivity index (χ2n) is 8.68. The van der Waals surface area contributed by atoms with Gasteiger partial charge >= 0.3 is 0 Å². The van der Waals surface area contributed by atoms with Gasteiger partial charge < -0.3 is 10.2 Å². The summed E-state index contributed by atoms with van der Waals surface area (Å²) in [6, 6.07) is 12.3. The van der Waals surface area contributed by atoms with Crippen molar-refractivity contribution in [2.24, 2.45) is 0 Å². The molecule has 1 aliphatic heterocycles. The Hall–Kier alpha value is -3.26. The third-order valence-corrected chi connectivity index (χ3v) is 9.11. The monoisotopic (exact) mass is 561 g/mol. The zero-order valence-corrected chi connectivity index (χ0v) is 22.0. The average Bonchev–Trinajstić information content (AvgIpc) is 3.38. The Balaban J connectivity index is 1.54. The summed E-state index contributed by atoms with van der Waals surface area (Å²) in [6.07, 6.45) is 1.50. The first-order chi connectivity index (χ1) is 17.6. The van der Waals surface area contributed by atoms with E-state index in [1.807, 2.05) is 25.1 Å². The van der Waals surface area contributed by atoms with Crippen LogP contribution in [0.1, 0.15) is 41.0 Å². The Morgan fingerprint density at radius 1 is 1.27 bits per heavy atom. The largest absolute Gasteiger partial charge is 0.354 e. The fourth-order valence-corrected chi connectivity index (χ4v) is 6.49. The number of hydrogen-bond acceptors (Lipinski definition) is 7. The third-order valence-electron chi connectivity index (χ3n) is 6.20. The number of benzene rings is 2. The zero-order valence-electron chi connectivity index (χ0n) is 19.7. The number of amides is 1. The number of carbonyl (C=O) groups excluding carboxylic acids is 1. The van der Waals surface area contributed by atoms with Gasteiger partial charge in [-0.15, -0.1) is 0 Å². The Bertz CT molecular complexity index is 1480. The van der Waals surface area contributed by atoms with Crippen LogP contribution in [0.2, 0.25) is 10.0 Å². The fourth-order valence-electron chi connectivity index (χ4n) is 4.14. The molecule has 2 aromatic carbocycles. The van der Waals surface area contributed by atoms with Crippen molar-refractivity contribution >= 4 is 44.8 Å². The molecule has 1 saturated heterocycles. The molecule has 4 rings (SSSR count). The molecule has 1 aromatic heterocycles. The van der Waals surface area contributed by atoms with Crippen LogP contribution in [-0.2, 0) is 9.84 Å². The molecule has 12 heteroatoms. The number of nitrogens with zero attached hydrogens (tertiary/aromatic N) is 4. The minimum atomic E-state index is -3.89. The highest BCUT2D eigenvalue weighted by Crippen LogP contribution is 2.32. The lowest BCUT2D eigenvalue weighted by Gasteiger charge is -2.21. The number of rotatable bonds is 7. The molecule has 0 aliphatic carbocycles. The zero-order chi connectivity index (χ0) is 26.7. The summed E-state index contributed by atoms with van der Waals surface area (Å²) in [7, 11) is -3.89. The van der Waals surface area contributed by atoms with Gasteiger partial charge in [0.15, 0.2) is 9.84 Å². The maximum absolute atomic E-state index is 13.4. The lowest BCUT2D eigenvalue weighted by atomic mass is 10.0. The second-order valence-corrected chi connectivity index (χ2v) is 11.7. The summed E-state index contributed by atoms with van der Waals surface area (Å²) in [5.74, 6) is -1.07. The molecule has 0 bridgehead atoms. The summed E-state index contributed by atoms with van der Waals surface area (Å²) in [5.41, 5.74) is 1.12. The smallest absolute Gasteiger partial charge is 0.256 e. The molecular weight excluding hydrogens is 540 g/mol. The van der Waals surface area contributed by atoms with E-state index in [0.29, 0.717) is 11.6 Å². The molecule has 3 aromatic rings. The van der Waals surface area contributed by atoms with Crippen LogP contribution in [0, 0.1) is 17.1 Å². The predicted octanol–water partition coefficient (Wildman–Crippen LogP) is 4.38. The van der Waals surface area contributed by atoms with E-state index in [0.717, 1.165) is 23.8 Å². The van der Waals surface area contributed by atoms with E-state index in [2.05, 4.69) is 15.3 Å².